The molecule has 0 bridgehead atoms. The van der Waals surface area contributed by atoms with Crippen LogP contribution in [0.25, 0.3) is 0 Å². The molecule has 1 unspecified atom stereocenters. The van der Waals surface area contributed by atoms with Crippen molar-refractivity contribution in [1.82, 2.24) is 4.98 Å². The number of aliphatic carboxylic acids is 1. The first kappa shape index (κ1) is 12.8. The Morgan fingerprint density at radius 3 is 2.88 bits per heavy atom. The summed E-state index contributed by atoms with van der Waals surface area (Å²) in [5, 5.41) is 9.27. The number of pyridine rings is 1. The van der Waals surface area contributed by atoms with Crippen molar-refractivity contribution in [2.45, 2.75) is 13.8 Å². The summed E-state index contributed by atoms with van der Waals surface area (Å²) in [6, 6.07) is 3.63. The van der Waals surface area contributed by atoms with Gasteiger partial charge in [0.05, 0.1) is 11.6 Å². The lowest BCUT2D eigenvalue weighted by Crippen LogP contribution is -2.31. The standard InChI is InChI=1S/C11H15ClN2O2/c1-3-14(7-8(2)11(15)16)9-5-4-6-13-10(9)12/h4-6,8H,3,7H2,1-2H3,(H,15,16). The molecule has 5 heteroatoms. The van der Waals surface area contributed by atoms with E-state index in [1.807, 2.05) is 17.9 Å². The Kier molecular flexibility index (Phi) is 4.55. The first-order chi connectivity index (χ1) is 7.56. The highest BCUT2D eigenvalue weighted by atomic mass is 35.5. The van der Waals surface area contributed by atoms with Gasteiger partial charge in [0.25, 0.3) is 0 Å². The van der Waals surface area contributed by atoms with E-state index in [9.17, 15) is 4.79 Å². The largest absolute Gasteiger partial charge is 0.481 e. The number of nitrogens with zero attached hydrogens (tertiary/aromatic N) is 2. The van der Waals surface area contributed by atoms with Crippen molar-refractivity contribution in [3.05, 3.63) is 23.5 Å². The zero-order chi connectivity index (χ0) is 12.1. The van der Waals surface area contributed by atoms with Gasteiger partial charge in [-0.15, -0.1) is 0 Å². The van der Waals surface area contributed by atoms with Crippen LogP contribution in [0.5, 0.6) is 0 Å². The Morgan fingerprint density at radius 1 is 1.69 bits per heavy atom. The minimum Gasteiger partial charge on any atom is -0.481 e. The van der Waals surface area contributed by atoms with Crippen molar-refractivity contribution in [2.75, 3.05) is 18.0 Å². The van der Waals surface area contributed by atoms with Crippen molar-refractivity contribution in [3.63, 3.8) is 0 Å². The number of aromatic nitrogens is 1. The van der Waals surface area contributed by atoms with Crippen LogP contribution < -0.4 is 4.90 Å². The fourth-order valence-corrected chi connectivity index (χ4v) is 1.66. The van der Waals surface area contributed by atoms with Crippen LogP contribution in [0.2, 0.25) is 5.15 Å². The molecule has 1 rings (SSSR count). The molecule has 0 aromatic carbocycles. The molecule has 0 aliphatic carbocycles. The fourth-order valence-electron chi connectivity index (χ4n) is 1.42. The molecule has 0 spiro atoms. The van der Waals surface area contributed by atoms with E-state index < -0.39 is 11.9 Å². The summed E-state index contributed by atoms with van der Waals surface area (Å²) >= 11 is 5.96. The van der Waals surface area contributed by atoms with Crippen LogP contribution in [0, 0.1) is 5.92 Å². The number of anilines is 1. The Labute approximate surface area is 99.9 Å². The lowest BCUT2D eigenvalue weighted by atomic mass is 10.1. The maximum absolute atomic E-state index is 10.8. The normalized spacial score (nSPS) is 12.2. The van der Waals surface area contributed by atoms with Crippen molar-refractivity contribution >= 4 is 23.3 Å². The van der Waals surface area contributed by atoms with E-state index in [1.54, 1.807) is 19.2 Å². The summed E-state index contributed by atoms with van der Waals surface area (Å²) in [6.07, 6.45) is 1.61. The third-order valence-corrected chi connectivity index (χ3v) is 2.67. The topological polar surface area (TPSA) is 53.4 Å². The number of rotatable bonds is 5. The number of halogens is 1. The number of carboxylic acids is 1. The highest BCUT2D eigenvalue weighted by molar-refractivity contribution is 6.32. The van der Waals surface area contributed by atoms with E-state index in [-0.39, 0.29) is 0 Å². The van der Waals surface area contributed by atoms with Gasteiger partial charge in [0.1, 0.15) is 0 Å². The maximum Gasteiger partial charge on any atom is 0.308 e. The molecule has 0 aliphatic rings. The third kappa shape index (κ3) is 3.10. The lowest BCUT2D eigenvalue weighted by molar-refractivity contribution is -0.140. The Balaban J connectivity index is 2.83. The van der Waals surface area contributed by atoms with Gasteiger partial charge in [-0.25, -0.2) is 4.98 Å². The Morgan fingerprint density at radius 2 is 2.38 bits per heavy atom. The summed E-state index contributed by atoms with van der Waals surface area (Å²) in [5.41, 5.74) is 0.778. The second-order valence-electron chi connectivity index (χ2n) is 3.59. The molecule has 0 radical (unpaired) electrons. The highest BCUT2D eigenvalue weighted by Gasteiger charge is 2.17. The highest BCUT2D eigenvalue weighted by Crippen LogP contribution is 2.23. The SMILES string of the molecule is CCN(CC(C)C(=O)O)c1cccnc1Cl. The number of hydrogen-bond acceptors (Lipinski definition) is 3. The smallest absolute Gasteiger partial charge is 0.308 e. The molecular formula is C11H15ClN2O2. The van der Waals surface area contributed by atoms with Gasteiger partial charge in [0.2, 0.25) is 0 Å². The van der Waals surface area contributed by atoms with Crippen molar-refractivity contribution in [3.8, 4) is 0 Å². The summed E-state index contributed by atoms with van der Waals surface area (Å²) in [4.78, 5) is 16.7. The van der Waals surface area contributed by atoms with Crippen molar-refractivity contribution < 1.29 is 9.90 Å². The monoisotopic (exact) mass is 242 g/mol. The number of carbonyl (C=O) groups is 1. The number of carboxylic acid groups (broad SMARTS) is 1. The minimum absolute atomic E-state index is 0.405. The van der Waals surface area contributed by atoms with Gasteiger partial charge >= 0.3 is 5.97 Å². The third-order valence-electron chi connectivity index (χ3n) is 2.38. The molecular weight excluding hydrogens is 228 g/mol. The summed E-state index contributed by atoms with van der Waals surface area (Å²) in [6.45, 7) is 4.76. The number of hydrogen-bond donors (Lipinski definition) is 1. The second kappa shape index (κ2) is 5.70. The van der Waals surface area contributed by atoms with Crippen LogP contribution >= 0.6 is 11.6 Å². The van der Waals surface area contributed by atoms with Gasteiger partial charge in [-0.1, -0.05) is 18.5 Å². The average Bonchev–Trinajstić information content (AvgIpc) is 2.26. The Hall–Kier alpha value is -1.29. The minimum atomic E-state index is -0.807. The molecule has 1 aromatic heterocycles. The molecule has 4 nitrogen and oxygen atoms in total. The first-order valence-corrected chi connectivity index (χ1v) is 5.52. The molecule has 0 saturated heterocycles. The average molecular weight is 243 g/mol. The van der Waals surface area contributed by atoms with Crippen LogP contribution in [0.4, 0.5) is 5.69 Å². The fraction of sp³-hybridized carbons (Fsp3) is 0.455. The van der Waals surface area contributed by atoms with Gasteiger partial charge in [-0.2, -0.15) is 0 Å². The predicted molar refractivity (Wildman–Crippen MR) is 63.9 cm³/mol. The van der Waals surface area contributed by atoms with Gasteiger partial charge in [-0.3, -0.25) is 4.79 Å². The zero-order valence-corrected chi connectivity index (χ0v) is 10.1. The van der Waals surface area contributed by atoms with E-state index in [0.29, 0.717) is 18.2 Å². The van der Waals surface area contributed by atoms with Gasteiger partial charge in [-0.05, 0) is 19.1 Å². The Bertz CT molecular complexity index is 371. The molecule has 0 amide bonds. The van der Waals surface area contributed by atoms with Gasteiger partial charge < -0.3 is 10.0 Å². The van der Waals surface area contributed by atoms with Crippen molar-refractivity contribution in [1.29, 1.82) is 0 Å². The van der Waals surface area contributed by atoms with Crippen LogP contribution in [-0.2, 0) is 4.79 Å². The van der Waals surface area contributed by atoms with Crippen LogP contribution in [0.1, 0.15) is 13.8 Å². The molecule has 0 fully saturated rings. The maximum atomic E-state index is 10.8. The van der Waals surface area contributed by atoms with Crippen LogP contribution in [-0.4, -0.2) is 29.1 Å². The molecule has 1 heterocycles. The zero-order valence-electron chi connectivity index (χ0n) is 9.35. The molecule has 0 aliphatic heterocycles. The van der Waals surface area contributed by atoms with E-state index >= 15 is 0 Å². The van der Waals surface area contributed by atoms with E-state index in [2.05, 4.69) is 4.98 Å². The summed E-state index contributed by atoms with van der Waals surface area (Å²) in [5.74, 6) is -1.24. The second-order valence-corrected chi connectivity index (χ2v) is 3.95. The van der Waals surface area contributed by atoms with E-state index in [0.717, 1.165) is 5.69 Å². The first-order valence-electron chi connectivity index (χ1n) is 5.14. The molecule has 16 heavy (non-hydrogen) atoms. The predicted octanol–water partition coefficient (Wildman–Crippen LogP) is 2.28. The quantitative estimate of drug-likeness (QED) is 0.805. The van der Waals surface area contributed by atoms with E-state index in [4.69, 9.17) is 16.7 Å². The lowest BCUT2D eigenvalue weighted by Gasteiger charge is -2.25. The van der Waals surface area contributed by atoms with Crippen LogP contribution in [0.15, 0.2) is 18.3 Å². The molecule has 1 aromatic rings. The van der Waals surface area contributed by atoms with Crippen LogP contribution in [0.3, 0.4) is 0 Å². The molecule has 0 saturated carbocycles. The van der Waals surface area contributed by atoms with Gasteiger partial charge in [0, 0.05) is 19.3 Å². The van der Waals surface area contributed by atoms with Gasteiger partial charge in [0.15, 0.2) is 5.15 Å². The molecule has 1 atom stereocenters. The van der Waals surface area contributed by atoms with E-state index in [1.165, 1.54) is 0 Å². The molecule has 88 valence electrons. The summed E-state index contributed by atoms with van der Waals surface area (Å²) in [7, 11) is 0. The van der Waals surface area contributed by atoms with Crippen molar-refractivity contribution in [2.24, 2.45) is 5.92 Å². The molecule has 1 N–H and O–H groups in total. The summed E-state index contributed by atoms with van der Waals surface area (Å²) < 4.78 is 0.